The van der Waals surface area contributed by atoms with E-state index in [2.05, 4.69) is 15.5 Å². The number of benzene rings is 1. The molecule has 1 N–H and O–H groups in total. The van der Waals surface area contributed by atoms with Gasteiger partial charge < -0.3 is 10.1 Å². The van der Waals surface area contributed by atoms with Crippen LogP contribution in [0.15, 0.2) is 35.5 Å². The summed E-state index contributed by atoms with van der Waals surface area (Å²) < 4.78 is 30.3. The standard InChI is InChI=1S/C18H24N4O4S2/c1-13(17(23)19-15-8-11-28(24,25)12-15)27-18-21-20-16(22(18)9-10-26-2)14-6-4-3-5-7-14/h3-7,13,15H,8-12H2,1-2H3,(H,19,23). The van der Waals surface area contributed by atoms with Crippen LogP contribution in [0, 0.1) is 0 Å². The molecule has 1 aromatic heterocycles. The average Bonchev–Trinajstić information content (AvgIpc) is 3.23. The number of nitrogens with zero attached hydrogens (tertiary/aromatic N) is 3. The van der Waals surface area contributed by atoms with Gasteiger partial charge in [0.1, 0.15) is 0 Å². The van der Waals surface area contributed by atoms with Crippen molar-refractivity contribution in [2.75, 3.05) is 25.2 Å². The maximum Gasteiger partial charge on any atom is 0.233 e. The third-order valence-corrected chi connectivity index (χ3v) is 7.35. The second-order valence-electron chi connectivity index (χ2n) is 6.69. The highest BCUT2D eigenvalue weighted by molar-refractivity contribution is 8.00. The molecular formula is C18H24N4O4S2. The minimum atomic E-state index is -3.03. The van der Waals surface area contributed by atoms with Crippen molar-refractivity contribution < 1.29 is 17.9 Å². The topological polar surface area (TPSA) is 103 Å². The lowest BCUT2D eigenvalue weighted by Gasteiger charge is -2.16. The van der Waals surface area contributed by atoms with Gasteiger partial charge in [-0.25, -0.2) is 8.42 Å². The molecule has 0 saturated carbocycles. The molecule has 2 heterocycles. The number of aromatic nitrogens is 3. The van der Waals surface area contributed by atoms with E-state index in [9.17, 15) is 13.2 Å². The Morgan fingerprint density at radius 1 is 1.36 bits per heavy atom. The first-order chi connectivity index (χ1) is 13.4. The van der Waals surface area contributed by atoms with Crippen LogP contribution < -0.4 is 5.32 Å². The van der Waals surface area contributed by atoms with Gasteiger partial charge in [-0.2, -0.15) is 0 Å². The fraction of sp³-hybridized carbons (Fsp3) is 0.500. The van der Waals surface area contributed by atoms with Gasteiger partial charge in [-0.3, -0.25) is 9.36 Å². The molecule has 1 aliphatic heterocycles. The number of rotatable bonds is 8. The number of carbonyl (C=O) groups excluding carboxylic acids is 1. The van der Waals surface area contributed by atoms with E-state index >= 15 is 0 Å². The molecule has 1 amide bonds. The van der Waals surface area contributed by atoms with Crippen LogP contribution in [0.25, 0.3) is 11.4 Å². The highest BCUT2D eigenvalue weighted by Crippen LogP contribution is 2.27. The summed E-state index contributed by atoms with van der Waals surface area (Å²) in [4.78, 5) is 12.5. The van der Waals surface area contributed by atoms with Crippen molar-refractivity contribution >= 4 is 27.5 Å². The summed E-state index contributed by atoms with van der Waals surface area (Å²) in [5.74, 6) is 0.660. The van der Waals surface area contributed by atoms with Crippen LogP contribution in [-0.2, 0) is 25.9 Å². The summed E-state index contributed by atoms with van der Waals surface area (Å²) >= 11 is 1.30. The molecule has 2 atom stereocenters. The number of carbonyl (C=O) groups is 1. The first-order valence-electron chi connectivity index (χ1n) is 9.04. The van der Waals surface area contributed by atoms with Gasteiger partial charge >= 0.3 is 0 Å². The lowest BCUT2D eigenvalue weighted by Crippen LogP contribution is -2.40. The smallest absolute Gasteiger partial charge is 0.233 e. The van der Waals surface area contributed by atoms with Gasteiger partial charge in [0.05, 0.1) is 29.9 Å². The average molecular weight is 425 g/mol. The molecule has 3 rings (SSSR count). The number of hydrogen-bond donors (Lipinski definition) is 1. The molecular weight excluding hydrogens is 400 g/mol. The lowest BCUT2D eigenvalue weighted by molar-refractivity contribution is -0.120. The Hall–Kier alpha value is -1.91. The van der Waals surface area contributed by atoms with Crippen LogP contribution in [-0.4, -0.2) is 65.6 Å². The first-order valence-corrected chi connectivity index (χ1v) is 11.7. The molecule has 1 saturated heterocycles. The van der Waals surface area contributed by atoms with Crippen LogP contribution >= 0.6 is 11.8 Å². The third kappa shape index (κ3) is 5.12. The molecule has 1 aromatic carbocycles. The predicted molar refractivity (Wildman–Crippen MR) is 108 cm³/mol. The predicted octanol–water partition coefficient (Wildman–Crippen LogP) is 1.38. The van der Waals surface area contributed by atoms with Crippen molar-refractivity contribution in [3.8, 4) is 11.4 Å². The molecule has 1 aliphatic rings. The minimum absolute atomic E-state index is 0.0122. The van der Waals surface area contributed by atoms with Crippen LogP contribution in [0.2, 0.25) is 0 Å². The van der Waals surface area contributed by atoms with E-state index in [-0.39, 0.29) is 23.5 Å². The molecule has 10 heteroatoms. The fourth-order valence-corrected chi connectivity index (χ4v) is 5.56. The Morgan fingerprint density at radius 2 is 2.11 bits per heavy atom. The Kier molecular flexibility index (Phi) is 6.73. The van der Waals surface area contributed by atoms with Gasteiger partial charge in [0.25, 0.3) is 0 Å². The van der Waals surface area contributed by atoms with E-state index in [1.807, 2.05) is 34.9 Å². The summed E-state index contributed by atoms with van der Waals surface area (Å²) in [5.41, 5.74) is 0.936. The zero-order valence-corrected chi connectivity index (χ0v) is 17.5. The zero-order chi connectivity index (χ0) is 20.1. The Morgan fingerprint density at radius 3 is 2.75 bits per heavy atom. The number of ether oxygens (including phenoxy) is 1. The highest BCUT2D eigenvalue weighted by Gasteiger charge is 2.30. The second kappa shape index (κ2) is 9.06. The minimum Gasteiger partial charge on any atom is -0.383 e. The lowest BCUT2D eigenvalue weighted by atomic mass is 10.2. The van der Waals surface area contributed by atoms with Crippen molar-refractivity contribution in [2.45, 2.75) is 36.3 Å². The van der Waals surface area contributed by atoms with Gasteiger partial charge in [-0.15, -0.1) is 10.2 Å². The van der Waals surface area contributed by atoms with Crippen molar-refractivity contribution in [2.24, 2.45) is 0 Å². The molecule has 0 spiro atoms. The van der Waals surface area contributed by atoms with Crippen molar-refractivity contribution in [3.05, 3.63) is 30.3 Å². The summed E-state index contributed by atoms with van der Waals surface area (Å²) in [6, 6.07) is 9.40. The van der Waals surface area contributed by atoms with Crippen molar-refractivity contribution in [1.29, 1.82) is 0 Å². The summed E-state index contributed by atoms with van der Waals surface area (Å²) in [7, 11) is -1.40. The molecule has 28 heavy (non-hydrogen) atoms. The molecule has 0 bridgehead atoms. The van der Waals surface area contributed by atoms with Gasteiger partial charge in [0.15, 0.2) is 20.8 Å². The summed E-state index contributed by atoms with van der Waals surface area (Å²) in [5, 5.41) is 11.6. The number of sulfone groups is 1. The third-order valence-electron chi connectivity index (χ3n) is 4.50. The Balaban J connectivity index is 1.72. The SMILES string of the molecule is COCCn1c(SC(C)C(=O)NC2CCS(=O)(=O)C2)nnc1-c1ccccc1. The molecule has 152 valence electrons. The summed E-state index contributed by atoms with van der Waals surface area (Å²) in [6.45, 7) is 2.83. The summed E-state index contributed by atoms with van der Waals surface area (Å²) in [6.07, 6.45) is 0.466. The molecule has 1 fully saturated rings. The number of methoxy groups -OCH3 is 1. The van der Waals surface area contributed by atoms with Crippen molar-refractivity contribution in [1.82, 2.24) is 20.1 Å². The molecule has 0 aliphatic carbocycles. The maximum atomic E-state index is 12.5. The van der Waals surface area contributed by atoms with E-state index in [0.29, 0.717) is 24.7 Å². The van der Waals surface area contributed by atoms with Gasteiger partial charge in [-0.1, -0.05) is 42.1 Å². The van der Waals surface area contributed by atoms with Gasteiger partial charge in [0.2, 0.25) is 5.91 Å². The first kappa shape index (κ1) is 20.8. The Bertz CT molecular complexity index is 915. The van der Waals surface area contributed by atoms with E-state index in [4.69, 9.17) is 4.74 Å². The molecule has 2 aromatic rings. The fourth-order valence-electron chi connectivity index (χ4n) is 3.00. The highest BCUT2D eigenvalue weighted by atomic mass is 32.2. The van der Waals surface area contributed by atoms with E-state index < -0.39 is 15.1 Å². The number of thioether (sulfide) groups is 1. The number of amides is 1. The zero-order valence-electron chi connectivity index (χ0n) is 15.9. The maximum absolute atomic E-state index is 12.5. The van der Waals surface area contributed by atoms with Crippen LogP contribution in [0.5, 0.6) is 0 Å². The van der Waals surface area contributed by atoms with Crippen LogP contribution in [0.4, 0.5) is 0 Å². The number of hydrogen-bond acceptors (Lipinski definition) is 7. The quantitative estimate of drug-likeness (QED) is 0.639. The second-order valence-corrected chi connectivity index (χ2v) is 10.2. The largest absolute Gasteiger partial charge is 0.383 e. The Labute approximate surface area is 169 Å². The van der Waals surface area contributed by atoms with Crippen LogP contribution in [0.1, 0.15) is 13.3 Å². The monoisotopic (exact) mass is 424 g/mol. The molecule has 8 nitrogen and oxygen atoms in total. The number of nitrogens with one attached hydrogen (secondary N) is 1. The van der Waals surface area contributed by atoms with E-state index in [1.54, 1.807) is 14.0 Å². The molecule has 2 unspecified atom stereocenters. The van der Waals surface area contributed by atoms with E-state index in [0.717, 1.165) is 11.4 Å². The van der Waals surface area contributed by atoms with E-state index in [1.165, 1.54) is 11.8 Å². The van der Waals surface area contributed by atoms with Gasteiger partial charge in [-0.05, 0) is 13.3 Å². The van der Waals surface area contributed by atoms with Crippen molar-refractivity contribution in [3.63, 3.8) is 0 Å². The molecule has 0 radical (unpaired) electrons. The van der Waals surface area contributed by atoms with Crippen LogP contribution in [0.3, 0.4) is 0 Å². The normalized spacial score (nSPS) is 19.4. The van der Waals surface area contributed by atoms with Gasteiger partial charge in [0, 0.05) is 18.7 Å².